The monoisotopic (exact) mass is 251 g/mol. The summed E-state index contributed by atoms with van der Waals surface area (Å²) in [4.78, 5) is 14.5. The molecule has 18 heavy (non-hydrogen) atoms. The molecule has 0 aromatic rings. The van der Waals surface area contributed by atoms with Crippen molar-refractivity contribution < 1.29 is 14.2 Å². The topological polar surface area (TPSA) is 108 Å². The molecule has 7 nitrogen and oxygen atoms in total. The molecule has 0 aromatic carbocycles. The third-order valence-corrected chi connectivity index (χ3v) is 3.00. The van der Waals surface area contributed by atoms with Crippen molar-refractivity contribution in [2.75, 3.05) is 6.61 Å². The van der Waals surface area contributed by atoms with Crippen LogP contribution in [0.15, 0.2) is 5.11 Å². The molecular weight excluding hydrogens is 235 g/mol. The Morgan fingerprint density at radius 1 is 1.67 bits per heavy atom. The van der Waals surface area contributed by atoms with E-state index >= 15 is 0 Å². The first-order valence-electron chi connectivity index (χ1n) is 5.91. The second-order valence-electron chi connectivity index (χ2n) is 4.09. The molecule has 0 heterocycles. The van der Waals surface area contributed by atoms with Gasteiger partial charge in [-0.1, -0.05) is 5.11 Å². The number of hydrogen-bond acceptors (Lipinski definition) is 5. The average Bonchev–Trinajstić information content (AvgIpc) is 2.38. The minimum absolute atomic E-state index is 0.161. The molecule has 0 saturated heterocycles. The van der Waals surface area contributed by atoms with Crippen molar-refractivity contribution in [2.24, 2.45) is 11.0 Å². The Hall–Kier alpha value is -1.69. The third kappa shape index (κ3) is 3.96. The van der Waals surface area contributed by atoms with Crippen LogP contribution in [-0.2, 0) is 14.2 Å². The Morgan fingerprint density at radius 2 is 2.44 bits per heavy atom. The fraction of sp³-hybridized carbons (Fsp3) is 0.800. The Bertz CT molecular complexity index is 346. The number of carbonyl (C=O) groups is 1. The van der Waals surface area contributed by atoms with Gasteiger partial charge in [-0.2, -0.15) is 0 Å². The van der Waals surface area contributed by atoms with Gasteiger partial charge in [-0.3, -0.25) is 10.2 Å². The molecule has 97 valence electrons. The van der Waals surface area contributed by atoms with Crippen molar-refractivity contribution in [2.45, 2.75) is 38.0 Å². The lowest BCUT2D eigenvalue weighted by atomic mass is 9.64. The van der Waals surface area contributed by atoms with Gasteiger partial charge in [-0.25, -0.2) is 0 Å². The molecule has 1 fully saturated rings. The summed E-state index contributed by atoms with van der Waals surface area (Å²) in [6.45, 7) is 2.13. The van der Waals surface area contributed by atoms with E-state index in [4.69, 9.17) is 20.3 Å². The summed E-state index contributed by atoms with van der Waals surface area (Å²) in [6.07, 6.45) is 2.60. The fourth-order valence-electron chi connectivity index (χ4n) is 2.16. The highest BCUT2D eigenvalue weighted by molar-refractivity contribution is 6.32. The summed E-state index contributed by atoms with van der Waals surface area (Å²) in [6, 6.07) is -0.222. The number of carbonyl (C=O) groups excluding carboxylic acids is 1. The van der Waals surface area contributed by atoms with Crippen LogP contribution in [0.5, 0.6) is 0 Å². The SMILES string of the molecule is CCOC(=O)[C@H]1CC[C@H](N=[N+]=[N-])[C@H]([B]OC=N)C1. The van der Waals surface area contributed by atoms with E-state index in [0.717, 1.165) is 6.40 Å². The highest BCUT2D eigenvalue weighted by Crippen LogP contribution is 2.35. The quantitative estimate of drug-likeness (QED) is 0.148. The van der Waals surface area contributed by atoms with E-state index in [1.165, 1.54) is 7.48 Å². The largest absolute Gasteiger partial charge is 0.555 e. The second kappa shape index (κ2) is 7.60. The zero-order chi connectivity index (χ0) is 13.4. The lowest BCUT2D eigenvalue weighted by molar-refractivity contribution is -0.149. The summed E-state index contributed by atoms with van der Waals surface area (Å²) in [5, 5.41) is 10.5. The molecule has 1 aliphatic carbocycles. The Labute approximate surface area is 106 Å². The van der Waals surface area contributed by atoms with E-state index in [0.29, 0.717) is 25.9 Å². The number of hydrogen-bond donors (Lipinski definition) is 1. The summed E-state index contributed by atoms with van der Waals surface area (Å²) >= 11 is 0. The van der Waals surface area contributed by atoms with Crippen LogP contribution in [0.1, 0.15) is 26.2 Å². The minimum atomic E-state index is -0.222. The molecule has 1 rings (SSSR count). The van der Waals surface area contributed by atoms with Crippen molar-refractivity contribution in [3.8, 4) is 0 Å². The molecule has 8 heteroatoms. The van der Waals surface area contributed by atoms with Crippen LogP contribution in [0, 0.1) is 11.3 Å². The highest BCUT2D eigenvalue weighted by Gasteiger charge is 2.35. The first kappa shape index (κ1) is 14.4. The van der Waals surface area contributed by atoms with Gasteiger partial charge in [0.25, 0.3) is 0 Å². The molecule has 0 aromatic heterocycles. The summed E-state index contributed by atoms with van der Waals surface area (Å²) in [5.74, 6) is -0.568. The number of nitrogens with zero attached hydrogens (tertiary/aromatic N) is 3. The smallest absolute Gasteiger partial charge is 0.374 e. The average molecular weight is 251 g/mol. The Morgan fingerprint density at radius 3 is 3.06 bits per heavy atom. The fourth-order valence-corrected chi connectivity index (χ4v) is 2.16. The normalized spacial score (nSPS) is 26.6. The van der Waals surface area contributed by atoms with Crippen molar-refractivity contribution in [1.29, 1.82) is 5.41 Å². The van der Waals surface area contributed by atoms with Crippen molar-refractivity contribution >= 4 is 19.9 Å². The van der Waals surface area contributed by atoms with Gasteiger partial charge in [0, 0.05) is 11.0 Å². The zero-order valence-electron chi connectivity index (χ0n) is 10.3. The number of ether oxygens (including phenoxy) is 1. The van der Waals surface area contributed by atoms with Crippen LogP contribution < -0.4 is 0 Å². The van der Waals surface area contributed by atoms with Gasteiger partial charge < -0.3 is 9.39 Å². The standard InChI is InChI=1S/C10H16BN4O3/c1-2-17-10(16)7-3-4-9(14-15-13)8(5-7)11-18-6-12/h6-9,12H,2-5H2,1H3/t7-,8+,9-/m0/s1. The molecule has 0 spiro atoms. The van der Waals surface area contributed by atoms with Crippen LogP contribution in [0.2, 0.25) is 5.82 Å². The highest BCUT2D eigenvalue weighted by atomic mass is 16.5. The molecule has 0 aliphatic heterocycles. The lowest BCUT2D eigenvalue weighted by Gasteiger charge is -2.31. The van der Waals surface area contributed by atoms with Gasteiger partial charge in [0.2, 0.25) is 0 Å². The van der Waals surface area contributed by atoms with E-state index < -0.39 is 0 Å². The van der Waals surface area contributed by atoms with Crippen LogP contribution in [-0.4, -0.2) is 32.5 Å². The zero-order valence-corrected chi connectivity index (χ0v) is 10.3. The first-order chi connectivity index (χ1) is 8.72. The van der Waals surface area contributed by atoms with Crippen molar-refractivity contribution in [3.05, 3.63) is 10.4 Å². The van der Waals surface area contributed by atoms with E-state index in [1.807, 2.05) is 0 Å². The van der Waals surface area contributed by atoms with Crippen molar-refractivity contribution in [3.63, 3.8) is 0 Å². The van der Waals surface area contributed by atoms with Crippen LogP contribution in [0.4, 0.5) is 0 Å². The van der Waals surface area contributed by atoms with Crippen molar-refractivity contribution in [1.82, 2.24) is 0 Å². The molecule has 0 amide bonds. The van der Waals surface area contributed by atoms with Crippen LogP contribution in [0.25, 0.3) is 10.4 Å². The van der Waals surface area contributed by atoms with Gasteiger partial charge in [0.1, 0.15) is 6.40 Å². The van der Waals surface area contributed by atoms with E-state index in [1.54, 1.807) is 6.92 Å². The number of esters is 1. The molecule has 3 atom stereocenters. The lowest BCUT2D eigenvalue weighted by Crippen LogP contribution is -2.32. The predicted molar refractivity (Wildman–Crippen MR) is 66.3 cm³/mol. The number of nitrogens with one attached hydrogen (secondary N) is 1. The summed E-state index contributed by atoms with van der Waals surface area (Å²) in [7, 11) is 1.46. The molecule has 1 radical (unpaired) electrons. The minimum Gasteiger partial charge on any atom is -0.555 e. The van der Waals surface area contributed by atoms with Gasteiger partial charge in [-0.05, 0) is 37.5 Å². The third-order valence-electron chi connectivity index (χ3n) is 3.00. The maximum Gasteiger partial charge on any atom is 0.374 e. The molecular formula is C10H16BN4O3. The van der Waals surface area contributed by atoms with Crippen LogP contribution >= 0.6 is 0 Å². The number of azide groups is 1. The summed E-state index contributed by atoms with van der Waals surface area (Å²) in [5.41, 5.74) is 8.49. The van der Waals surface area contributed by atoms with Gasteiger partial charge in [0.15, 0.2) is 0 Å². The molecule has 1 aliphatic rings. The Balaban J connectivity index is 2.62. The van der Waals surface area contributed by atoms with E-state index in [2.05, 4.69) is 10.0 Å². The van der Waals surface area contributed by atoms with E-state index in [9.17, 15) is 4.79 Å². The molecule has 0 unspecified atom stereocenters. The summed E-state index contributed by atoms with van der Waals surface area (Å²) < 4.78 is 9.81. The Kier molecular flexibility index (Phi) is 6.07. The molecule has 1 N–H and O–H groups in total. The van der Waals surface area contributed by atoms with Crippen LogP contribution in [0.3, 0.4) is 0 Å². The molecule has 1 saturated carbocycles. The maximum absolute atomic E-state index is 11.7. The van der Waals surface area contributed by atoms with Gasteiger partial charge in [0.05, 0.1) is 12.5 Å². The van der Waals surface area contributed by atoms with Gasteiger partial charge in [-0.15, -0.1) is 0 Å². The predicted octanol–water partition coefficient (Wildman–Crippen LogP) is 2.06. The molecule has 0 bridgehead atoms. The van der Waals surface area contributed by atoms with Gasteiger partial charge >= 0.3 is 13.5 Å². The first-order valence-corrected chi connectivity index (χ1v) is 5.91. The number of rotatable bonds is 6. The van der Waals surface area contributed by atoms with E-state index in [-0.39, 0.29) is 23.7 Å². The second-order valence-corrected chi connectivity index (χ2v) is 4.09. The maximum atomic E-state index is 11.7.